The van der Waals surface area contributed by atoms with E-state index in [4.69, 9.17) is 0 Å². The molecule has 1 aromatic heterocycles. The van der Waals surface area contributed by atoms with Crippen molar-refractivity contribution in [1.82, 2.24) is 4.98 Å². The summed E-state index contributed by atoms with van der Waals surface area (Å²) in [4.78, 5) is 4.53. The van der Waals surface area contributed by atoms with Gasteiger partial charge in [0.1, 0.15) is 5.82 Å². The van der Waals surface area contributed by atoms with Gasteiger partial charge in [-0.2, -0.15) is 0 Å². The first-order valence-corrected chi connectivity index (χ1v) is 10.4. The highest BCUT2D eigenvalue weighted by molar-refractivity contribution is 5.68. The summed E-state index contributed by atoms with van der Waals surface area (Å²) in [5, 5.41) is 9.27. The Labute approximate surface area is 178 Å². The Morgan fingerprint density at radius 1 is 1.07 bits per heavy atom. The molecule has 0 saturated carbocycles. The molecule has 1 heterocycles. The second kappa shape index (κ2) is 10.7. The first kappa shape index (κ1) is 21.7. The molecule has 3 aromatic rings. The smallest absolute Gasteiger partial charge is 0.131 e. The number of pyridine rings is 1. The van der Waals surface area contributed by atoms with Crippen LogP contribution in [0.4, 0.5) is 4.39 Å². The first-order chi connectivity index (χ1) is 14.6. The zero-order chi connectivity index (χ0) is 21.3. The van der Waals surface area contributed by atoms with Gasteiger partial charge in [-0.1, -0.05) is 60.7 Å². The van der Waals surface area contributed by atoms with E-state index in [2.05, 4.69) is 23.7 Å². The third-order valence-corrected chi connectivity index (χ3v) is 5.00. The van der Waals surface area contributed by atoms with Gasteiger partial charge in [0.2, 0.25) is 0 Å². The monoisotopic (exact) mass is 401 g/mol. The lowest BCUT2D eigenvalue weighted by atomic mass is 10.0. The highest BCUT2D eigenvalue weighted by Crippen LogP contribution is 2.26. The minimum absolute atomic E-state index is 0.260. The van der Waals surface area contributed by atoms with E-state index in [0.29, 0.717) is 5.56 Å². The van der Waals surface area contributed by atoms with Crippen LogP contribution in [0.1, 0.15) is 37.3 Å². The predicted molar refractivity (Wildman–Crippen MR) is 124 cm³/mol. The van der Waals surface area contributed by atoms with Crippen LogP contribution in [0.25, 0.3) is 28.5 Å². The lowest BCUT2D eigenvalue weighted by molar-refractivity contribution is 0.182. The van der Waals surface area contributed by atoms with Crippen LogP contribution in [0.5, 0.6) is 0 Å². The molecule has 0 amide bonds. The fraction of sp³-hybridized carbons (Fsp3) is 0.222. The van der Waals surface area contributed by atoms with Crippen LogP contribution < -0.4 is 0 Å². The van der Waals surface area contributed by atoms with Crippen molar-refractivity contribution in [3.8, 4) is 22.4 Å². The molecular weight excluding hydrogens is 373 g/mol. The molecule has 30 heavy (non-hydrogen) atoms. The zero-order valence-corrected chi connectivity index (χ0v) is 17.4. The van der Waals surface area contributed by atoms with Gasteiger partial charge in [0, 0.05) is 22.9 Å². The standard InChI is InChI=1S/C27H28FNO/c1-3-7-21-10-13-23(14-11-21)27-17-15-24(19-29-27)25-16-12-22(18-26(25)28)9-6-4-5-8-20(2)30/h3,6,9-20,30H,1,4-5,7-8H2,2H3/b9-6+. The maximum atomic E-state index is 14.7. The van der Waals surface area contributed by atoms with Crippen LogP contribution in [0, 0.1) is 5.82 Å². The van der Waals surface area contributed by atoms with Crippen LogP contribution in [0.15, 0.2) is 79.5 Å². The normalized spacial score (nSPS) is 12.2. The lowest BCUT2D eigenvalue weighted by Gasteiger charge is -2.07. The zero-order valence-electron chi connectivity index (χ0n) is 17.4. The Balaban J connectivity index is 1.68. The Morgan fingerprint density at radius 2 is 1.83 bits per heavy atom. The fourth-order valence-corrected chi connectivity index (χ4v) is 3.32. The summed E-state index contributed by atoms with van der Waals surface area (Å²) in [6.45, 7) is 5.55. The second-order valence-corrected chi connectivity index (χ2v) is 7.54. The summed E-state index contributed by atoms with van der Waals surface area (Å²) in [5.74, 6) is -0.260. The van der Waals surface area contributed by atoms with Gasteiger partial charge in [-0.05, 0) is 55.9 Å². The minimum atomic E-state index is -0.272. The Morgan fingerprint density at radius 3 is 2.47 bits per heavy atom. The molecule has 154 valence electrons. The number of aromatic nitrogens is 1. The largest absolute Gasteiger partial charge is 0.393 e. The van der Waals surface area contributed by atoms with Crippen molar-refractivity contribution in [3.63, 3.8) is 0 Å². The van der Waals surface area contributed by atoms with Crippen molar-refractivity contribution in [2.24, 2.45) is 0 Å². The summed E-state index contributed by atoms with van der Waals surface area (Å²) in [6.07, 6.45) is 10.7. The SMILES string of the molecule is C=CCc1ccc(-c2ccc(-c3ccc(/C=C/CCCC(C)O)cc3F)cn2)cc1. The van der Waals surface area contributed by atoms with Crippen molar-refractivity contribution >= 4 is 6.08 Å². The summed E-state index contributed by atoms with van der Waals surface area (Å²) < 4.78 is 14.7. The van der Waals surface area contributed by atoms with Crippen LogP contribution >= 0.6 is 0 Å². The Kier molecular flexibility index (Phi) is 7.69. The maximum absolute atomic E-state index is 14.7. The number of aliphatic hydroxyl groups is 1. The van der Waals surface area contributed by atoms with Gasteiger partial charge >= 0.3 is 0 Å². The van der Waals surface area contributed by atoms with E-state index >= 15 is 0 Å². The van der Waals surface area contributed by atoms with Crippen LogP contribution in [-0.4, -0.2) is 16.2 Å². The predicted octanol–water partition coefficient (Wildman–Crippen LogP) is 6.85. The molecule has 0 fully saturated rings. The average Bonchev–Trinajstić information content (AvgIpc) is 2.74. The average molecular weight is 402 g/mol. The van der Waals surface area contributed by atoms with Crippen molar-refractivity contribution in [2.75, 3.05) is 0 Å². The van der Waals surface area contributed by atoms with Crippen LogP contribution in [0.2, 0.25) is 0 Å². The van der Waals surface area contributed by atoms with Crippen molar-refractivity contribution < 1.29 is 9.50 Å². The molecule has 1 N–H and O–H groups in total. The van der Waals surface area contributed by atoms with Gasteiger partial charge in [-0.3, -0.25) is 4.98 Å². The van der Waals surface area contributed by atoms with Gasteiger partial charge < -0.3 is 5.11 Å². The summed E-state index contributed by atoms with van der Waals surface area (Å²) in [7, 11) is 0. The molecule has 0 aliphatic carbocycles. The van der Waals surface area contributed by atoms with Gasteiger partial charge in [-0.15, -0.1) is 6.58 Å². The lowest BCUT2D eigenvalue weighted by Crippen LogP contribution is -1.97. The summed E-state index contributed by atoms with van der Waals surface area (Å²) in [6, 6.07) is 17.3. The molecule has 0 radical (unpaired) electrons. The number of unbranched alkanes of at least 4 members (excludes halogenated alkanes) is 1. The molecule has 0 aliphatic heterocycles. The first-order valence-electron chi connectivity index (χ1n) is 10.4. The Hall–Kier alpha value is -3.04. The van der Waals surface area contributed by atoms with E-state index in [1.807, 2.05) is 48.6 Å². The van der Waals surface area contributed by atoms with Crippen molar-refractivity contribution in [1.29, 1.82) is 0 Å². The molecule has 0 aliphatic rings. The molecule has 3 rings (SSSR count). The molecule has 3 heteroatoms. The summed E-state index contributed by atoms with van der Waals surface area (Å²) in [5.41, 5.74) is 5.24. The molecule has 2 nitrogen and oxygen atoms in total. The van der Waals surface area contributed by atoms with E-state index in [1.54, 1.807) is 25.3 Å². The van der Waals surface area contributed by atoms with E-state index in [-0.39, 0.29) is 11.9 Å². The molecule has 1 unspecified atom stereocenters. The molecule has 0 bridgehead atoms. The highest BCUT2D eigenvalue weighted by Gasteiger charge is 2.07. The molecular formula is C27H28FNO. The third kappa shape index (κ3) is 5.98. The number of rotatable bonds is 9. The van der Waals surface area contributed by atoms with Crippen molar-refractivity contribution in [2.45, 2.75) is 38.7 Å². The van der Waals surface area contributed by atoms with Gasteiger partial charge in [0.15, 0.2) is 0 Å². The number of benzene rings is 2. The molecule has 0 saturated heterocycles. The summed E-state index contributed by atoms with van der Waals surface area (Å²) >= 11 is 0. The highest BCUT2D eigenvalue weighted by atomic mass is 19.1. The van der Waals surface area contributed by atoms with Gasteiger partial charge in [0.25, 0.3) is 0 Å². The minimum Gasteiger partial charge on any atom is -0.393 e. The van der Waals surface area contributed by atoms with E-state index in [0.717, 1.165) is 48.1 Å². The molecule has 0 spiro atoms. The number of hydrogen-bond donors (Lipinski definition) is 1. The van der Waals surface area contributed by atoms with Gasteiger partial charge in [0.05, 0.1) is 11.8 Å². The molecule has 1 atom stereocenters. The van der Waals surface area contributed by atoms with Crippen LogP contribution in [-0.2, 0) is 6.42 Å². The maximum Gasteiger partial charge on any atom is 0.131 e. The van der Waals surface area contributed by atoms with Gasteiger partial charge in [-0.25, -0.2) is 4.39 Å². The quantitative estimate of drug-likeness (QED) is 0.314. The number of allylic oxidation sites excluding steroid dienone is 2. The fourth-order valence-electron chi connectivity index (χ4n) is 3.32. The number of hydrogen-bond acceptors (Lipinski definition) is 2. The van der Waals surface area contributed by atoms with Crippen molar-refractivity contribution in [3.05, 3.63) is 96.5 Å². The number of nitrogens with zero attached hydrogens (tertiary/aromatic N) is 1. The molecule has 2 aromatic carbocycles. The third-order valence-electron chi connectivity index (χ3n) is 5.00. The van der Waals surface area contributed by atoms with E-state index in [1.165, 1.54) is 5.56 Å². The topological polar surface area (TPSA) is 33.1 Å². The Bertz CT molecular complexity index is 988. The number of aliphatic hydroxyl groups excluding tert-OH is 1. The number of halogens is 1. The van der Waals surface area contributed by atoms with E-state index < -0.39 is 0 Å². The van der Waals surface area contributed by atoms with Crippen LogP contribution in [0.3, 0.4) is 0 Å². The second-order valence-electron chi connectivity index (χ2n) is 7.54. The van der Waals surface area contributed by atoms with E-state index in [9.17, 15) is 9.50 Å².